The van der Waals surface area contributed by atoms with Crippen LogP contribution in [0.4, 0.5) is 8.78 Å². The second-order valence-electron chi connectivity index (χ2n) is 3.21. The average Bonchev–Trinajstić information content (AvgIpc) is 2.28. The molecular formula is C9H12F2O4. The smallest absolute Gasteiger partial charge is 0.328 e. The number of Topliss-reactive ketones (excluding diaryl/α,β-unsaturated/α-hetero) is 1. The van der Waals surface area contributed by atoms with Gasteiger partial charge in [0.1, 0.15) is 12.5 Å². The number of ether oxygens (including phenoxy) is 2. The van der Waals surface area contributed by atoms with Gasteiger partial charge in [0.05, 0.1) is 6.61 Å². The third kappa shape index (κ3) is 2.71. The fraction of sp³-hybridized carbons (Fsp3) is 0.778. The highest BCUT2D eigenvalue weighted by Crippen LogP contribution is 2.26. The minimum absolute atomic E-state index is 0.0369. The van der Waals surface area contributed by atoms with Gasteiger partial charge in [-0.2, -0.15) is 8.78 Å². The SMILES string of the molecule is CCOC(=O)C1CCOCC(F)(F)C1=O. The van der Waals surface area contributed by atoms with E-state index >= 15 is 0 Å². The van der Waals surface area contributed by atoms with E-state index < -0.39 is 30.2 Å². The molecule has 0 aromatic heterocycles. The van der Waals surface area contributed by atoms with Crippen molar-refractivity contribution in [1.82, 2.24) is 0 Å². The van der Waals surface area contributed by atoms with Crippen LogP contribution in [-0.4, -0.2) is 37.5 Å². The van der Waals surface area contributed by atoms with Gasteiger partial charge in [0.25, 0.3) is 0 Å². The number of alkyl halides is 2. The molecule has 1 saturated heterocycles. The van der Waals surface area contributed by atoms with Gasteiger partial charge in [-0.1, -0.05) is 0 Å². The monoisotopic (exact) mass is 222 g/mol. The number of esters is 1. The molecule has 0 radical (unpaired) electrons. The van der Waals surface area contributed by atoms with E-state index in [1.807, 2.05) is 0 Å². The Morgan fingerprint density at radius 1 is 1.67 bits per heavy atom. The quantitative estimate of drug-likeness (QED) is 0.512. The molecule has 1 aliphatic heterocycles. The summed E-state index contributed by atoms with van der Waals surface area (Å²) in [5.74, 6) is -7.29. The van der Waals surface area contributed by atoms with Gasteiger partial charge in [-0.3, -0.25) is 9.59 Å². The largest absolute Gasteiger partial charge is 0.465 e. The van der Waals surface area contributed by atoms with Gasteiger partial charge in [-0.15, -0.1) is 0 Å². The van der Waals surface area contributed by atoms with Crippen LogP contribution in [0, 0.1) is 5.92 Å². The average molecular weight is 222 g/mol. The summed E-state index contributed by atoms with van der Waals surface area (Å²) in [5, 5.41) is 0. The summed E-state index contributed by atoms with van der Waals surface area (Å²) in [5.41, 5.74) is 0. The lowest BCUT2D eigenvalue weighted by Crippen LogP contribution is -2.40. The van der Waals surface area contributed by atoms with Gasteiger partial charge in [-0.05, 0) is 13.3 Å². The van der Waals surface area contributed by atoms with Crippen molar-refractivity contribution in [3.63, 3.8) is 0 Å². The van der Waals surface area contributed by atoms with Gasteiger partial charge in [0.15, 0.2) is 0 Å². The number of ketones is 1. The molecule has 0 saturated carbocycles. The fourth-order valence-electron chi connectivity index (χ4n) is 1.33. The molecule has 1 heterocycles. The molecule has 0 N–H and O–H groups in total. The Kier molecular flexibility index (Phi) is 3.73. The van der Waals surface area contributed by atoms with Crippen molar-refractivity contribution in [2.75, 3.05) is 19.8 Å². The second-order valence-corrected chi connectivity index (χ2v) is 3.21. The molecule has 6 heteroatoms. The van der Waals surface area contributed by atoms with Crippen LogP contribution in [-0.2, 0) is 19.1 Å². The molecule has 1 aliphatic rings. The van der Waals surface area contributed by atoms with Crippen LogP contribution in [0.5, 0.6) is 0 Å². The number of hydrogen-bond acceptors (Lipinski definition) is 4. The minimum Gasteiger partial charge on any atom is -0.465 e. The van der Waals surface area contributed by atoms with Crippen molar-refractivity contribution < 1.29 is 27.8 Å². The van der Waals surface area contributed by atoms with E-state index in [0.29, 0.717) is 0 Å². The lowest BCUT2D eigenvalue weighted by Gasteiger charge is -2.15. The maximum absolute atomic E-state index is 13.0. The number of rotatable bonds is 2. The summed E-state index contributed by atoms with van der Waals surface area (Å²) >= 11 is 0. The zero-order valence-electron chi connectivity index (χ0n) is 8.29. The Balaban J connectivity index is 2.78. The lowest BCUT2D eigenvalue weighted by molar-refractivity contribution is -0.161. The number of halogens is 2. The molecular weight excluding hydrogens is 210 g/mol. The topological polar surface area (TPSA) is 52.6 Å². The van der Waals surface area contributed by atoms with Crippen molar-refractivity contribution in [2.24, 2.45) is 5.92 Å². The van der Waals surface area contributed by atoms with E-state index in [4.69, 9.17) is 0 Å². The molecule has 0 bridgehead atoms. The Morgan fingerprint density at radius 2 is 2.33 bits per heavy atom. The number of hydrogen-bond donors (Lipinski definition) is 0. The molecule has 0 aromatic carbocycles. The Morgan fingerprint density at radius 3 is 2.93 bits per heavy atom. The standard InChI is InChI=1S/C9H12F2O4/c1-2-15-8(13)6-3-4-14-5-9(10,11)7(6)12/h6H,2-5H2,1H3. The van der Waals surface area contributed by atoms with E-state index in [9.17, 15) is 18.4 Å². The second kappa shape index (κ2) is 4.65. The molecule has 1 rings (SSSR count). The van der Waals surface area contributed by atoms with Crippen LogP contribution in [0.2, 0.25) is 0 Å². The van der Waals surface area contributed by atoms with Crippen LogP contribution >= 0.6 is 0 Å². The molecule has 0 aliphatic carbocycles. The highest BCUT2D eigenvalue weighted by atomic mass is 19.3. The molecule has 4 nitrogen and oxygen atoms in total. The van der Waals surface area contributed by atoms with Crippen LogP contribution in [0.15, 0.2) is 0 Å². The van der Waals surface area contributed by atoms with Crippen molar-refractivity contribution in [2.45, 2.75) is 19.3 Å². The van der Waals surface area contributed by atoms with Gasteiger partial charge in [0, 0.05) is 6.61 Å². The first-order valence-electron chi connectivity index (χ1n) is 4.65. The van der Waals surface area contributed by atoms with Crippen molar-refractivity contribution in [1.29, 1.82) is 0 Å². The summed E-state index contributed by atoms with van der Waals surface area (Å²) in [6, 6.07) is 0. The third-order valence-electron chi connectivity index (χ3n) is 2.08. The summed E-state index contributed by atoms with van der Waals surface area (Å²) in [6.07, 6.45) is -0.0484. The van der Waals surface area contributed by atoms with Crippen LogP contribution in [0.1, 0.15) is 13.3 Å². The van der Waals surface area contributed by atoms with E-state index in [0.717, 1.165) is 0 Å². The van der Waals surface area contributed by atoms with E-state index in [1.165, 1.54) is 0 Å². The first kappa shape index (κ1) is 12.0. The maximum atomic E-state index is 13.0. The van der Waals surface area contributed by atoms with E-state index in [-0.39, 0.29) is 19.6 Å². The first-order valence-corrected chi connectivity index (χ1v) is 4.65. The summed E-state index contributed by atoms with van der Waals surface area (Å²) in [4.78, 5) is 22.5. The molecule has 0 aromatic rings. The zero-order valence-corrected chi connectivity index (χ0v) is 8.29. The Labute approximate surface area is 85.5 Å². The third-order valence-corrected chi connectivity index (χ3v) is 2.08. The van der Waals surface area contributed by atoms with Crippen LogP contribution in [0.3, 0.4) is 0 Å². The molecule has 15 heavy (non-hydrogen) atoms. The number of carbonyl (C=O) groups excluding carboxylic acids is 2. The van der Waals surface area contributed by atoms with E-state index in [1.54, 1.807) is 6.92 Å². The summed E-state index contributed by atoms with van der Waals surface area (Å²) < 4.78 is 35.2. The normalized spacial score (nSPS) is 25.8. The maximum Gasteiger partial charge on any atom is 0.328 e. The molecule has 0 spiro atoms. The molecule has 1 fully saturated rings. The summed E-state index contributed by atoms with van der Waals surface area (Å²) in [6.45, 7) is 0.620. The predicted molar refractivity (Wildman–Crippen MR) is 45.5 cm³/mol. The predicted octanol–water partition coefficient (Wildman–Crippen LogP) is 0.790. The molecule has 1 unspecified atom stereocenters. The lowest BCUT2D eigenvalue weighted by atomic mass is 9.97. The van der Waals surface area contributed by atoms with Crippen LogP contribution in [0.25, 0.3) is 0 Å². The zero-order chi connectivity index (χ0) is 11.5. The van der Waals surface area contributed by atoms with Gasteiger partial charge in [-0.25, -0.2) is 0 Å². The van der Waals surface area contributed by atoms with Crippen LogP contribution < -0.4 is 0 Å². The molecule has 1 atom stereocenters. The van der Waals surface area contributed by atoms with Crippen molar-refractivity contribution >= 4 is 11.8 Å². The van der Waals surface area contributed by atoms with Crippen molar-refractivity contribution in [3.05, 3.63) is 0 Å². The Bertz CT molecular complexity index is 265. The molecule has 0 amide bonds. The highest BCUT2D eigenvalue weighted by Gasteiger charge is 2.48. The summed E-state index contributed by atoms with van der Waals surface area (Å²) in [7, 11) is 0. The minimum atomic E-state index is -3.59. The van der Waals surface area contributed by atoms with Gasteiger partial charge in [0.2, 0.25) is 5.78 Å². The van der Waals surface area contributed by atoms with Crippen molar-refractivity contribution in [3.8, 4) is 0 Å². The highest BCUT2D eigenvalue weighted by molar-refractivity contribution is 6.02. The Hall–Kier alpha value is -1.04. The first-order chi connectivity index (χ1) is 6.99. The fourth-order valence-corrected chi connectivity index (χ4v) is 1.33. The van der Waals surface area contributed by atoms with E-state index in [2.05, 4.69) is 9.47 Å². The molecule has 86 valence electrons. The van der Waals surface area contributed by atoms with Gasteiger partial charge < -0.3 is 9.47 Å². The number of carbonyl (C=O) groups is 2. The van der Waals surface area contributed by atoms with Gasteiger partial charge >= 0.3 is 11.9 Å².